The maximum atomic E-state index is 11.8. The number of hydrogen-bond acceptors (Lipinski definition) is 1. The van der Waals surface area contributed by atoms with Crippen LogP contribution in [0, 0.1) is 5.41 Å². The summed E-state index contributed by atoms with van der Waals surface area (Å²) in [6.07, 6.45) is 14.8. The minimum atomic E-state index is -0.179. The Labute approximate surface area is 126 Å². The first-order chi connectivity index (χ1) is 9.06. The Morgan fingerprint density at radius 3 is 1.58 bits per heavy atom. The van der Waals surface area contributed by atoms with Crippen molar-refractivity contribution in [1.82, 2.24) is 0 Å². The van der Waals surface area contributed by atoms with Gasteiger partial charge in [0.2, 0.25) is 0 Å². The third-order valence-corrected chi connectivity index (χ3v) is 4.72. The van der Waals surface area contributed by atoms with Crippen LogP contribution in [0.25, 0.3) is 0 Å². The highest BCUT2D eigenvalue weighted by Crippen LogP contribution is 2.33. The molecular formula is C17H34OS. The third kappa shape index (κ3) is 9.54. The van der Waals surface area contributed by atoms with Gasteiger partial charge in [-0.1, -0.05) is 85.0 Å². The van der Waals surface area contributed by atoms with Crippen LogP contribution in [-0.4, -0.2) is 5.12 Å². The molecule has 0 aliphatic rings. The Morgan fingerprint density at radius 2 is 1.16 bits per heavy atom. The fourth-order valence-electron chi connectivity index (χ4n) is 2.58. The van der Waals surface area contributed by atoms with E-state index in [1.807, 2.05) is 0 Å². The van der Waals surface area contributed by atoms with Crippen molar-refractivity contribution in [2.75, 3.05) is 0 Å². The quantitative estimate of drug-likeness (QED) is 0.316. The Morgan fingerprint density at radius 1 is 0.789 bits per heavy atom. The smallest absolute Gasteiger partial charge is 0.191 e. The lowest BCUT2D eigenvalue weighted by Gasteiger charge is -2.26. The van der Waals surface area contributed by atoms with Gasteiger partial charge in [-0.25, -0.2) is 0 Å². The molecule has 0 aromatic rings. The highest BCUT2D eigenvalue weighted by atomic mass is 32.1. The van der Waals surface area contributed by atoms with Crippen LogP contribution >= 0.6 is 12.6 Å². The van der Waals surface area contributed by atoms with Crippen LogP contribution in [0.5, 0.6) is 0 Å². The van der Waals surface area contributed by atoms with Crippen LogP contribution in [-0.2, 0) is 4.79 Å². The summed E-state index contributed by atoms with van der Waals surface area (Å²) in [6.45, 7) is 6.58. The molecular weight excluding hydrogens is 252 g/mol. The van der Waals surface area contributed by atoms with Crippen molar-refractivity contribution >= 4 is 17.7 Å². The predicted molar refractivity (Wildman–Crippen MR) is 88.9 cm³/mol. The van der Waals surface area contributed by atoms with Gasteiger partial charge in [-0.05, 0) is 12.8 Å². The molecule has 1 nitrogen and oxygen atoms in total. The largest absolute Gasteiger partial charge is 0.287 e. The first-order valence-corrected chi connectivity index (χ1v) is 8.75. The highest BCUT2D eigenvalue weighted by molar-refractivity contribution is 7.96. The maximum Gasteiger partial charge on any atom is 0.191 e. The summed E-state index contributed by atoms with van der Waals surface area (Å²) in [5.74, 6) is 0. The molecule has 0 aliphatic heterocycles. The standard InChI is InChI=1S/C17H34OS/c1-4-6-8-10-11-13-15-17(3,16(18)19)14-12-9-7-5-2/h4-15H2,1-3H3,(H,18,19)/t17-/m1/s1. The molecule has 0 saturated carbocycles. The number of thiol groups is 1. The van der Waals surface area contributed by atoms with E-state index in [1.165, 1.54) is 64.2 Å². The van der Waals surface area contributed by atoms with Gasteiger partial charge in [0.05, 0.1) is 0 Å². The number of unbranched alkanes of at least 4 members (excludes halogenated alkanes) is 8. The highest BCUT2D eigenvalue weighted by Gasteiger charge is 2.29. The molecule has 0 unspecified atom stereocenters. The molecule has 0 N–H and O–H groups in total. The van der Waals surface area contributed by atoms with Crippen LogP contribution in [0.2, 0.25) is 0 Å². The SMILES string of the molecule is CCCCCCCC[C@@](C)(CCCCCC)C(=O)S. The molecule has 0 bridgehead atoms. The molecule has 0 saturated heterocycles. The second kappa shape index (κ2) is 11.8. The van der Waals surface area contributed by atoms with E-state index >= 15 is 0 Å². The van der Waals surface area contributed by atoms with Crippen LogP contribution in [0.1, 0.15) is 97.8 Å². The van der Waals surface area contributed by atoms with E-state index in [0.29, 0.717) is 0 Å². The third-order valence-electron chi connectivity index (χ3n) is 4.18. The zero-order valence-electron chi connectivity index (χ0n) is 13.3. The van der Waals surface area contributed by atoms with Crippen molar-refractivity contribution < 1.29 is 4.79 Å². The summed E-state index contributed by atoms with van der Waals surface area (Å²) in [6, 6.07) is 0. The van der Waals surface area contributed by atoms with Gasteiger partial charge >= 0.3 is 0 Å². The lowest BCUT2D eigenvalue weighted by Crippen LogP contribution is -2.24. The lowest BCUT2D eigenvalue weighted by molar-refractivity contribution is -0.119. The Hall–Kier alpha value is 0.0200. The molecule has 0 rings (SSSR count). The van der Waals surface area contributed by atoms with Crippen LogP contribution < -0.4 is 0 Å². The molecule has 0 amide bonds. The van der Waals surface area contributed by atoms with Gasteiger partial charge < -0.3 is 0 Å². The number of rotatable bonds is 13. The summed E-state index contributed by atoms with van der Waals surface area (Å²) in [4.78, 5) is 11.8. The minimum Gasteiger partial charge on any atom is -0.287 e. The number of hydrogen-bond donors (Lipinski definition) is 1. The number of carbonyl (C=O) groups excluding carboxylic acids is 1. The summed E-state index contributed by atoms with van der Waals surface area (Å²) in [5.41, 5.74) is -0.179. The van der Waals surface area contributed by atoms with Gasteiger partial charge in [0, 0.05) is 5.41 Å². The van der Waals surface area contributed by atoms with Crippen molar-refractivity contribution in [3.63, 3.8) is 0 Å². The topological polar surface area (TPSA) is 17.1 Å². The van der Waals surface area contributed by atoms with Gasteiger partial charge in [-0.2, -0.15) is 0 Å². The summed E-state index contributed by atoms with van der Waals surface area (Å²) >= 11 is 4.12. The van der Waals surface area contributed by atoms with Crippen LogP contribution in [0.15, 0.2) is 0 Å². The van der Waals surface area contributed by atoms with E-state index in [1.54, 1.807) is 0 Å². The monoisotopic (exact) mass is 286 g/mol. The first-order valence-electron chi connectivity index (χ1n) is 8.30. The molecule has 19 heavy (non-hydrogen) atoms. The average Bonchev–Trinajstić information content (AvgIpc) is 2.38. The fourth-order valence-corrected chi connectivity index (χ4v) is 2.80. The Kier molecular flexibility index (Phi) is 11.8. The van der Waals surface area contributed by atoms with E-state index in [2.05, 4.69) is 33.4 Å². The molecule has 0 aliphatic carbocycles. The summed E-state index contributed by atoms with van der Waals surface area (Å²) in [5, 5.41) is 0.0950. The van der Waals surface area contributed by atoms with E-state index in [-0.39, 0.29) is 10.5 Å². The Bertz CT molecular complexity index is 227. The van der Waals surface area contributed by atoms with Crippen molar-refractivity contribution in [2.45, 2.75) is 97.8 Å². The molecule has 114 valence electrons. The molecule has 0 fully saturated rings. The minimum absolute atomic E-state index is 0.0950. The molecule has 1 atom stereocenters. The zero-order valence-corrected chi connectivity index (χ0v) is 14.2. The number of carbonyl (C=O) groups is 1. The molecule has 0 radical (unpaired) electrons. The second-order valence-corrected chi connectivity index (χ2v) is 6.60. The van der Waals surface area contributed by atoms with Crippen molar-refractivity contribution in [3.8, 4) is 0 Å². The van der Waals surface area contributed by atoms with E-state index in [4.69, 9.17) is 0 Å². The van der Waals surface area contributed by atoms with Crippen molar-refractivity contribution in [1.29, 1.82) is 0 Å². The fraction of sp³-hybridized carbons (Fsp3) is 0.941. The molecule has 0 heterocycles. The van der Waals surface area contributed by atoms with Gasteiger partial charge in [-0.15, -0.1) is 12.6 Å². The normalized spacial score (nSPS) is 14.3. The first kappa shape index (κ1) is 19.0. The van der Waals surface area contributed by atoms with Gasteiger partial charge in [-0.3, -0.25) is 4.79 Å². The average molecular weight is 287 g/mol. The molecule has 2 heteroatoms. The van der Waals surface area contributed by atoms with E-state index in [9.17, 15) is 4.79 Å². The lowest BCUT2D eigenvalue weighted by atomic mass is 9.81. The summed E-state index contributed by atoms with van der Waals surface area (Å²) < 4.78 is 0. The maximum absolute atomic E-state index is 11.8. The van der Waals surface area contributed by atoms with Crippen molar-refractivity contribution in [3.05, 3.63) is 0 Å². The van der Waals surface area contributed by atoms with Gasteiger partial charge in [0.1, 0.15) is 0 Å². The predicted octanol–water partition coefficient (Wildman–Crippen LogP) is 6.17. The molecule has 0 aromatic heterocycles. The van der Waals surface area contributed by atoms with Gasteiger partial charge in [0.25, 0.3) is 0 Å². The zero-order chi connectivity index (χ0) is 14.6. The van der Waals surface area contributed by atoms with Crippen LogP contribution in [0.4, 0.5) is 0 Å². The van der Waals surface area contributed by atoms with Crippen molar-refractivity contribution in [2.24, 2.45) is 5.41 Å². The Balaban J connectivity index is 3.85. The van der Waals surface area contributed by atoms with Gasteiger partial charge in [0.15, 0.2) is 5.12 Å². The summed E-state index contributed by atoms with van der Waals surface area (Å²) in [7, 11) is 0. The molecule has 0 aromatic carbocycles. The van der Waals surface area contributed by atoms with E-state index < -0.39 is 0 Å². The molecule has 0 spiro atoms. The van der Waals surface area contributed by atoms with Crippen LogP contribution in [0.3, 0.4) is 0 Å². The van der Waals surface area contributed by atoms with E-state index in [0.717, 1.165) is 12.8 Å². The second-order valence-electron chi connectivity index (χ2n) is 6.19.